The molecule has 4 heteroatoms. The largest absolute Gasteiger partial charge is 0.399 e. The summed E-state index contributed by atoms with van der Waals surface area (Å²) >= 11 is 0. The van der Waals surface area contributed by atoms with Gasteiger partial charge in [0.05, 0.1) is 0 Å². The van der Waals surface area contributed by atoms with Gasteiger partial charge in [0.25, 0.3) is 0 Å². The molecule has 0 saturated heterocycles. The third-order valence-corrected chi connectivity index (χ3v) is 3.60. The van der Waals surface area contributed by atoms with Crippen LogP contribution in [0.1, 0.15) is 32.1 Å². The molecule has 0 aromatic heterocycles. The molecule has 0 unspecified atom stereocenters. The van der Waals surface area contributed by atoms with Crippen LogP contribution in [0.5, 0.6) is 0 Å². The van der Waals surface area contributed by atoms with Crippen molar-refractivity contribution >= 4 is 17.4 Å². The van der Waals surface area contributed by atoms with Gasteiger partial charge in [-0.05, 0) is 37.1 Å². The average molecular weight is 247 g/mol. The highest BCUT2D eigenvalue weighted by molar-refractivity contribution is 5.89. The fraction of sp³-hybridized carbons (Fsp3) is 0.500. The number of benzene rings is 1. The molecule has 98 valence electrons. The van der Waals surface area contributed by atoms with Crippen molar-refractivity contribution in [3.63, 3.8) is 0 Å². The van der Waals surface area contributed by atoms with Gasteiger partial charge in [0.2, 0.25) is 0 Å². The van der Waals surface area contributed by atoms with Crippen molar-refractivity contribution < 1.29 is 4.79 Å². The Morgan fingerprint density at radius 2 is 1.83 bits per heavy atom. The van der Waals surface area contributed by atoms with E-state index in [1.54, 1.807) is 12.1 Å². The number of nitrogen functional groups attached to an aromatic ring is 1. The summed E-state index contributed by atoms with van der Waals surface area (Å²) in [5.41, 5.74) is 7.10. The summed E-state index contributed by atoms with van der Waals surface area (Å²) < 4.78 is 0. The van der Waals surface area contributed by atoms with Crippen molar-refractivity contribution in [2.45, 2.75) is 38.1 Å². The fourth-order valence-electron chi connectivity index (χ4n) is 2.41. The molecular formula is C14H21N3O. The lowest BCUT2D eigenvalue weighted by Gasteiger charge is -2.31. The highest BCUT2D eigenvalue weighted by Gasteiger charge is 2.21. The number of anilines is 2. The van der Waals surface area contributed by atoms with Crippen LogP contribution in [0.2, 0.25) is 0 Å². The van der Waals surface area contributed by atoms with Gasteiger partial charge in [0.1, 0.15) is 0 Å². The number of hydrogen-bond donors (Lipinski definition) is 2. The Kier molecular flexibility index (Phi) is 4.07. The maximum Gasteiger partial charge on any atom is 0.321 e. The Balaban J connectivity index is 1.92. The van der Waals surface area contributed by atoms with E-state index in [4.69, 9.17) is 5.73 Å². The summed E-state index contributed by atoms with van der Waals surface area (Å²) in [6.07, 6.45) is 5.98. The first-order valence-corrected chi connectivity index (χ1v) is 6.56. The number of amides is 2. The van der Waals surface area contributed by atoms with Gasteiger partial charge >= 0.3 is 6.03 Å². The third-order valence-electron chi connectivity index (χ3n) is 3.60. The Bertz CT molecular complexity index is 396. The van der Waals surface area contributed by atoms with Crippen molar-refractivity contribution in [3.05, 3.63) is 24.3 Å². The smallest absolute Gasteiger partial charge is 0.321 e. The maximum atomic E-state index is 12.1. The maximum absolute atomic E-state index is 12.1. The number of rotatable bonds is 2. The molecule has 1 aliphatic carbocycles. The molecule has 1 aromatic carbocycles. The predicted molar refractivity (Wildman–Crippen MR) is 74.5 cm³/mol. The summed E-state index contributed by atoms with van der Waals surface area (Å²) in [5, 5.41) is 2.90. The molecule has 0 spiro atoms. The van der Waals surface area contributed by atoms with Crippen molar-refractivity contribution in [3.8, 4) is 0 Å². The highest BCUT2D eigenvalue weighted by atomic mass is 16.2. The third kappa shape index (κ3) is 3.15. The first-order valence-electron chi connectivity index (χ1n) is 6.56. The van der Waals surface area contributed by atoms with Crippen LogP contribution in [0.4, 0.5) is 16.2 Å². The van der Waals surface area contributed by atoms with Crippen molar-refractivity contribution in [2.75, 3.05) is 18.1 Å². The van der Waals surface area contributed by atoms with E-state index < -0.39 is 0 Å². The summed E-state index contributed by atoms with van der Waals surface area (Å²) in [7, 11) is 1.88. The minimum Gasteiger partial charge on any atom is -0.399 e. The lowest BCUT2D eigenvalue weighted by Crippen LogP contribution is -2.40. The van der Waals surface area contributed by atoms with Crippen LogP contribution in [0.3, 0.4) is 0 Å². The highest BCUT2D eigenvalue weighted by Crippen LogP contribution is 2.22. The second-order valence-electron chi connectivity index (χ2n) is 4.95. The van der Waals surface area contributed by atoms with E-state index in [1.165, 1.54) is 19.3 Å². The standard InChI is InChI=1S/C14H21N3O/c1-17(13-5-3-2-4-6-13)14(18)16-12-9-7-11(15)8-10-12/h7-10,13H,2-6,15H2,1H3,(H,16,18). The van der Waals surface area contributed by atoms with Gasteiger partial charge in [-0.2, -0.15) is 0 Å². The van der Waals surface area contributed by atoms with Crippen molar-refractivity contribution in [1.29, 1.82) is 0 Å². The molecule has 0 aliphatic heterocycles. The van der Waals surface area contributed by atoms with Crippen LogP contribution < -0.4 is 11.1 Å². The Labute approximate surface area is 108 Å². The Hall–Kier alpha value is -1.71. The number of carbonyl (C=O) groups is 1. The molecule has 0 heterocycles. The number of nitrogens with two attached hydrogens (primary N) is 1. The van der Waals surface area contributed by atoms with E-state index in [0.717, 1.165) is 18.5 Å². The van der Waals surface area contributed by atoms with Crippen molar-refractivity contribution in [1.82, 2.24) is 4.90 Å². The van der Waals surface area contributed by atoms with Gasteiger partial charge in [0, 0.05) is 24.5 Å². The van der Waals surface area contributed by atoms with E-state index >= 15 is 0 Å². The Morgan fingerprint density at radius 1 is 1.22 bits per heavy atom. The van der Waals surface area contributed by atoms with E-state index in [-0.39, 0.29) is 6.03 Å². The van der Waals surface area contributed by atoms with Crippen LogP contribution >= 0.6 is 0 Å². The molecule has 2 rings (SSSR count). The second-order valence-corrected chi connectivity index (χ2v) is 4.95. The van der Waals surface area contributed by atoms with Crippen LogP contribution in [0.25, 0.3) is 0 Å². The Morgan fingerprint density at radius 3 is 2.44 bits per heavy atom. The van der Waals surface area contributed by atoms with E-state index in [2.05, 4.69) is 5.32 Å². The molecule has 1 aliphatic rings. The summed E-state index contributed by atoms with van der Waals surface area (Å²) in [5.74, 6) is 0. The summed E-state index contributed by atoms with van der Waals surface area (Å²) in [6.45, 7) is 0. The first-order chi connectivity index (χ1) is 8.66. The topological polar surface area (TPSA) is 58.4 Å². The van der Waals surface area contributed by atoms with E-state index in [1.807, 2.05) is 24.1 Å². The second kappa shape index (κ2) is 5.76. The van der Waals surface area contributed by atoms with Crippen molar-refractivity contribution in [2.24, 2.45) is 0 Å². The van der Waals surface area contributed by atoms with Gasteiger partial charge in [-0.25, -0.2) is 4.79 Å². The average Bonchev–Trinajstić information content (AvgIpc) is 2.41. The van der Waals surface area contributed by atoms with Gasteiger partial charge in [-0.1, -0.05) is 19.3 Å². The number of nitrogens with zero attached hydrogens (tertiary/aromatic N) is 1. The zero-order valence-corrected chi connectivity index (χ0v) is 10.9. The summed E-state index contributed by atoms with van der Waals surface area (Å²) in [4.78, 5) is 13.9. The number of nitrogens with one attached hydrogen (secondary N) is 1. The van der Waals surface area contributed by atoms with Gasteiger partial charge in [0.15, 0.2) is 0 Å². The molecule has 18 heavy (non-hydrogen) atoms. The van der Waals surface area contributed by atoms with Gasteiger partial charge < -0.3 is 16.0 Å². The molecule has 4 nitrogen and oxygen atoms in total. The molecule has 1 fully saturated rings. The van der Waals surface area contributed by atoms with Crippen LogP contribution in [-0.4, -0.2) is 24.0 Å². The van der Waals surface area contributed by atoms with Gasteiger partial charge in [-0.3, -0.25) is 0 Å². The molecule has 2 amide bonds. The number of urea groups is 1. The SMILES string of the molecule is CN(C(=O)Nc1ccc(N)cc1)C1CCCCC1. The summed E-state index contributed by atoms with van der Waals surface area (Å²) in [6, 6.07) is 7.57. The lowest BCUT2D eigenvalue weighted by atomic mass is 9.95. The zero-order chi connectivity index (χ0) is 13.0. The fourth-order valence-corrected chi connectivity index (χ4v) is 2.41. The quantitative estimate of drug-likeness (QED) is 0.789. The van der Waals surface area contributed by atoms with Crippen LogP contribution in [-0.2, 0) is 0 Å². The molecule has 1 aromatic rings. The first kappa shape index (κ1) is 12.7. The zero-order valence-electron chi connectivity index (χ0n) is 10.9. The predicted octanol–water partition coefficient (Wildman–Crippen LogP) is 3.07. The van der Waals surface area contributed by atoms with E-state index in [0.29, 0.717) is 11.7 Å². The molecule has 3 N–H and O–H groups in total. The number of carbonyl (C=O) groups excluding carboxylic acids is 1. The lowest BCUT2D eigenvalue weighted by molar-refractivity contribution is 0.186. The molecule has 1 saturated carbocycles. The minimum absolute atomic E-state index is 0.0355. The molecular weight excluding hydrogens is 226 g/mol. The monoisotopic (exact) mass is 247 g/mol. The van der Waals surface area contributed by atoms with E-state index in [9.17, 15) is 4.79 Å². The number of hydrogen-bond acceptors (Lipinski definition) is 2. The minimum atomic E-state index is -0.0355. The van der Waals surface area contributed by atoms with Gasteiger partial charge in [-0.15, -0.1) is 0 Å². The molecule has 0 atom stereocenters. The van der Waals surface area contributed by atoms with Crippen LogP contribution in [0.15, 0.2) is 24.3 Å². The molecule has 0 bridgehead atoms. The normalized spacial score (nSPS) is 16.3. The molecule has 0 radical (unpaired) electrons. The van der Waals surface area contributed by atoms with Crippen LogP contribution in [0, 0.1) is 0 Å².